The minimum Gasteiger partial charge on any atom is -0.447 e. The molecule has 0 aromatic heterocycles. The van der Waals surface area contributed by atoms with E-state index in [1.165, 1.54) is 0 Å². The first-order chi connectivity index (χ1) is 9.11. The Bertz CT molecular complexity index is 359. The minimum absolute atomic E-state index is 0.202. The van der Waals surface area contributed by atoms with Crippen LogP contribution < -0.4 is 0 Å². The first-order valence-electron chi connectivity index (χ1n) is 6.89. The maximum absolute atomic E-state index is 11.3. The van der Waals surface area contributed by atoms with Crippen molar-refractivity contribution in [3.8, 4) is 0 Å². The Morgan fingerprint density at radius 3 is 2.15 bits per heavy atom. The van der Waals surface area contributed by atoms with Crippen LogP contribution in [0.25, 0.3) is 0 Å². The average molecular weight is 288 g/mol. The predicted octanol–water partition coefficient (Wildman–Crippen LogP) is 3.85. The fourth-order valence-electron chi connectivity index (χ4n) is 3.13. The molecule has 1 rings (SSSR count). The third-order valence-electron chi connectivity index (χ3n) is 4.09. The van der Waals surface area contributed by atoms with Crippen LogP contribution >= 0.6 is 0 Å². The van der Waals surface area contributed by atoms with Crippen LogP contribution in [0.1, 0.15) is 47.5 Å². The molecule has 6 nitrogen and oxygen atoms in total. The molecule has 0 aliphatic heterocycles. The largest absolute Gasteiger partial charge is 0.550 e. The van der Waals surface area contributed by atoms with E-state index in [1.807, 2.05) is 6.92 Å². The second kappa shape index (κ2) is 6.33. The van der Waals surface area contributed by atoms with Crippen LogP contribution in [-0.4, -0.2) is 23.5 Å². The zero-order valence-corrected chi connectivity index (χ0v) is 12.7. The standard InChI is InChI=1S/C14H24O6/c1-8-7-11(18-13(17)20-19-12(15)16)9(2)6-10(8)14(3,4)5/h8-11H,6-7H2,1-5H3,(H,15,16). The van der Waals surface area contributed by atoms with Crippen molar-refractivity contribution in [2.45, 2.75) is 53.6 Å². The molecule has 4 unspecified atom stereocenters. The summed E-state index contributed by atoms with van der Waals surface area (Å²) in [4.78, 5) is 29.2. The molecule has 1 fully saturated rings. The molecule has 1 aliphatic rings. The van der Waals surface area contributed by atoms with Gasteiger partial charge in [0.25, 0.3) is 0 Å². The fourth-order valence-corrected chi connectivity index (χ4v) is 3.13. The maximum Gasteiger partial charge on any atom is 0.550 e. The number of ether oxygens (including phenoxy) is 1. The number of rotatable bonds is 1. The summed E-state index contributed by atoms with van der Waals surface area (Å²) in [6, 6.07) is 0. The smallest absolute Gasteiger partial charge is 0.447 e. The summed E-state index contributed by atoms with van der Waals surface area (Å²) in [5.41, 5.74) is 0.214. The number of carboxylic acid groups (broad SMARTS) is 1. The van der Waals surface area contributed by atoms with Crippen LogP contribution in [0.15, 0.2) is 0 Å². The Morgan fingerprint density at radius 2 is 1.65 bits per heavy atom. The maximum atomic E-state index is 11.3. The van der Waals surface area contributed by atoms with Gasteiger partial charge in [-0.05, 0) is 36.0 Å². The Morgan fingerprint density at radius 1 is 1.05 bits per heavy atom. The van der Waals surface area contributed by atoms with Crippen LogP contribution in [0.4, 0.5) is 9.59 Å². The van der Waals surface area contributed by atoms with Crippen LogP contribution in [0.2, 0.25) is 0 Å². The lowest BCUT2D eigenvalue weighted by molar-refractivity contribution is -0.220. The molecule has 116 valence electrons. The highest BCUT2D eigenvalue weighted by atomic mass is 17.3. The van der Waals surface area contributed by atoms with Gasteiger partial charge in [-0.3, -0.25) is 0 Å². The van der Waals surface area contributed by atoms with Gasteiger partial charge >= 0.3 is 12.3 Å². The molecule has 1 N–H and O–H groups in total. The van der Waals surface area contributed by atoms with Gasteiger partial charge in [0.2, 0.25) is 0 Å². The van der Waals surface area contributed by atoms with Crippen LogP contribution in [0.3, 0.4) is 0 Å². The summed E-state index contributed by atoms with van der Waals surface area (Å²) in [6.45, 7) is 10.8. The van der Waals surface area contributed by atoms with Crippen LogP contribution in [-0.2, 0) is 14.5 Å². The minimum atomic E-state index is -1.68. The molecular weight excluding hydrogens is 264 g/mol. The SMILES string of the molecule is CC1CC(C(C)(C)C)C(C)CC1OC(=O)OOC(=O)O. The van der Waals surface area contributed by atoms with Gasteiger partial charge in [0.15, 0.2) is 0 Å². The van der Waals surface area contributed by atoms with Crippen LogP contribution in [0.5, 0.6) is 0 Å². The molecule has 4 atom stereocenters. The van der Waals surface area contributed by atoms with E-state index in [1.54, 1.807) is 0 Å². The van der Waals surface area contributed by atoms with Crippen molar-refractivity contribution in [1.82, 2.24) is 0 Å². The second-order valence-electron chi connectivity index (χ2n) is 6.74. The molecule has 20 heavy (non-hydrogen) atoms. The topological polar surface area (TPSA) is 82.1 Å². The first kappa shape index (κ1) is 16.6. The van der Waals surface area contributed by atoms with E-state index in [-0.39, 0.29) is 17.4 Å². The third kappa shape index (κ3) is 4.58. The summed E-state index contributed by atoms with van der Waals surface area (Å²) in [6.07, 6.45) is -1.35. The van der Waals surface area contributed by atoms with E-state index in [9.17, 15) is 9.59 Å². The number of hydrogen-bond acceptors (Lipinski definition) is 5. The van der Waals surface area contributed by atoms with Gasteiger partial charge in [-0.2, -0.15) is 9.68 Å². The third-order valence-corrected chi connectivity index (χ3v) is 4.09. The van der Waals surface area contributed by atoms with Gasteiger partial charge in [0.1, 0.15) is 6.10 Å². The van der Waals surface area contributed by atoms with Gasteiger partial charge in [0.05, 0.1) is 0 Å². The van der Waals surface area contributed by atoms with Crippen LogP contribution in [0, 0.1) is 23.2 Å². The normalized spacial score (nSPS) is 30.4. The van der Waals surface area contributed by atoms with Crippen molar-refractivity contribution >= 4 is 12.3 Å². The van der Waals surface area contributed by atoms with Gasteiger partial charge in [-0.15, -0.1) is 0 Å². The summed E-state index contributed by atoms with van der Waals surface area (Å²) >= 11 is 0. The van der Waals surface area contributed by atoms with Crippen molar-refractivity contribution < 1.29 is 29.2 Å². The Kier molecular flexibility index (Phi) is 5.25. The number of hydrogen-bond donors (Lipinski definition) is 1. The van der Waals surface area contributed by atoms with Crippen molar-refractivity contribution in [3.63, 3.8) is 0 Å². The van der Waals surface area contributed by atoms with Gasteiger partial charge < -0.3 is 9.84 Å². The average Bonchev–Trinajstić information content (AvgIpc) is 2.29. The number of carbonyl (C=O) groups is 2. The van der Waals surface area contributed by atoms with E-state index < -0.39 is 12.3 Å². The lowest BCUT2D eigenvalue weighted by atomic mass is 9.64. The zero-order chi connectivity index (χ0) is 15.5. The monoisotopic (exact) mass is 288 g/mol. The molecule has 0 aromatic rings. The quantitative estimate of drug-likeness (QED) is 0.448. The highest BCUT2D eigenvalue weighted by molar-refractivity contribution is 5.62. The van der Waals surface area contributed by atoms with Crippen molar-refractivity contribution in [3.05, 3.63) is 0 Å². The highest BCUT2D eigenvalue weighted by Gasteiger charge is 2.40. The molecule has 6 heteroatoms. The molecule has 0 aromatic carbocycles. The van der Waals surface area contributed by atoms with Crippen molar-refractivity contribution in [1.29, 1.82) is 0 Å². The summed E-state index contributed by atoms with van der Waals surface area (Å²) < 4.78 is 5.14. The Labute approximate surface area is 119 Å². The van der Waals surface area contributed by atoms with E-state index in [0.717, 1.165) is 12.8 Å². The van der Waals surface area contributed by atoms with Gasteiger partial charge in [-0.25, -0.2) is 9.68 Å². The van der Waals surface area contributed by atoms with E-state index in [2.05, 4.69) is 37.5 Å². The molecule has 0 amide bonds. The summed E-state index contributed by atoms with van der Waals surface area (Å²) in [5, 5.41) is 8.23. The van der Waals surface area contributed by atoms with Gasteiger partial charge in [-0.1, -0.05) is 34.6 Å². The molecule has 0 heterocycles. The molecule has 0 radical (unpaired) electrons. The highest BCUT2D eigenvalue weighted by Crippen LogP contribution is 2.44. The lowest BCUT2D eigenvalue weighted by Crippen LogP contribution is -2.40. The Balaban J connectivity index is 2.54. The molecular formula is C14H24O6. The number of carbonyl (C=O) groups excluding carboxylic acids is 1. The molecule has 0 saturated heterocycles. The van der Waals surface area contributed by atoms with Crippen molar-refractivity contribution in [2.24, 2.45) is 23.2 Å². The first-order valence-corrected chi connectivity index (χ1v) is 6.89. The fraction of sp³-hybridized carbons (Fsp3) is 0.857. The summed E-state index contributed by atoms with van der Waals surface area (Å²) in [7, 11) is 0. The molecule has 1 saturated carbocycles. The van der Waals surface area contributed by atoms with E-state index in [0.29, 0.717) is 11.8 Å². The molecule has 0 spiro atoms. The molecule has 1 aliphatic carbocycles. The second-order valence-corrected chi connectivity index (χ2v) is 6.74. The Hall–Kier alpha value is -1.46. The molecule has 0 bridgehead atoms. The van der Waals surface area contributed by atoms with Crippen molar-refractivity contribution in [2.75, 3.05) is 0 Å². The summed E-state index contributed by atoms with van der Waals surface area (Å²) in [5.74, 6) is 1.18. The zero-order valence-electron chi connectivity index (χ0n) is 12.7. The predicted molar refractivity (Wildman–Crippen MR) is 71.0 cm³/mol. The van der Waals surface area contributed by atoms with E-state index >= 15 is 0 Å². The lowest BCUT2D eigenvalue weighted by Gasteiger charge is -2.44. The van der Waals surface area contributed by atoms with E-state index in [4.69, 9.17) is 9.84 Å². The van der Waals surface area contributed by atoms with Gasteiger partial charge in [0, 0.05) is 0 Å².